The quantitative estimate of drug-likeness (QED) is 0.0222. The van der Waals surface area contributed by atoms with E-state index in [-0.39, 0.29) is 25.7 Å². The van der Waals surface area contributed by atoms with Gasteiger partial charge in [0.15, 0.2) is 12.2 Å². The lowest BCUT2D eigenvalue weighted by atomic mass is 10.0. The highest BCUT2D eigenvalue weighted by Gasteiger charge is 2.30. The van der Waals surface area contributed by atoms with Crippen LogP contribution in [0.3, 0.4) is 0 Å². The van der Waals surface area contributed by atoms with Gasteiger partial charge in [-0.15, -0.1) is 0 Å². The maximum Gasteiger partial charge on any atom is 0.472 e. The number of aliphatic hydroxyl groups is 1. The van der Waals surface area contributed by atoms with E-state index in [1.165, 1.54) is 148 Å². The number of ether oxygens (including phenoxy) is 4. The molecule has 0 rings (SSSR count). The van der Waals surface area contributed by atoms with Crippen molar-refractivity contribution in [1.29, 1.82) is 0 Å². The lowest BCUT2D eigenvalue weighted by Crippen LogP contribution is -2.30. The van der Waals surface area contributed by atoms with E-state index in [9.17, 15) is 43.2 Å². The summed E-state index contributed by atoms with van der Waals surface area (Å²) in [7, 11) is -9.90. The Morgan fingerprint density at radius 2 is 0.472 bits per heavy atom. The lowest BCUT2D eigenvalue weighted by Gasteiger charge is -2.21. The first-order valence-electron chi connectivity index (χ1n) is 36.2. The fraction of sp³-hybridized carbons (Fsp3) is 0.943. The summed E-state index contributed by atoms with van der Waals surface area (Å²) in [6.45, 7) is 14.1. The smallest absolute Gasteiger partial charge is 0.462 e. The largest absolute Gasteiger partial charge is 0.472 e. The molecule has 0 bridgehead atoms. The topological polar surface area (TPSA) is 237 Å². The van der Waals surface area contributed by atoms with E-state index in [4.69, 9.17) is 37.0 Å². The SMILES string of the molecule is CC(C)CCCCCCCCCCCCCC(=O)O[C@H](COC(=O)CCCCCCCCCCC(C)C)COP(=O)(O)OCC(O)COP(=O)(O)OC[C@@H](COC(=O)CCCCCCCCCCCCC(C)C)OC(=O)CCCCCCCCCCC(C)C. The fourth-order valence-electron chi connectivity index (χ4n) is 10.5. The molecule has 0 fully saturated rings. The van der Waals surface area contributed by atoms with E-state index in [1.54, 1.807) is 0 Å². The summed E-state index contributed by atoms with van der Waals surface area (Å²) in [5.41, 5.74) is 0. The predicted octanol–water partition coefficient (Wildman–Crippen LogP) is 19.7. The van der Waals surface area contributed by atoms with Gasteiger partial charge in [-0.3, -0.25) is 37.3 Å². The molecule has 0 aliphatic rings. The predicted molar refractivity (Wildman–Crippen MR) is 358 cm³/mol. The second-order valence-corrected chi connectivity index (χ2v) is 30.1. The molecule has 0 spiro atoms. The maximum absolute atomic E-state index is 13.0. The summed E-state index contributed by atoms with van der Waals surface area (Å²) < 4.78 is 68.3. The molecule has 0 aromatic rings. The Morgan fingerprint density at radius 1 is 0.281 bits per heavy atom. The molecular weight excluding hydrogens is 1170 g/mol. The van der Waals surface area contributed by atoms with Crippen molar-refractivity contribution in [2.75, 3.05) is 39.6 Å². The summed E-state index contributed by atoms with van der Waals surface area (Å²) in [6.07, 6.45) is 41.7. The van der Waals surface area contributed by atoms with Gasteiger partial charge in [0.05, 0.1) is 26.4 Å². The second kappa shape index (κ2) is 59.8. The Bertz CT molecular complexity index is 1760. The van der Waals surface area contributed by atoms with Crippen LogP contribution >= 0.6 is 15.6 Å². The van der Waals surface area contributed by atoms with Gasteiger partial charge in [0.25, 0.3) is 0 Å². The highest BCUT2D eigenvalue weighted by molar-refractivity contribution is 7.47. The van der Waals surface area contributed by atoms with Gasteiger partial charge in [0.2, 0.25) is 0 Å². The van der Waals surface area contributed by atoms with Crippen molar-refractivity contribution < 1.29 is 80.2 Å². The number of phosphoric ester groups is 2. The molecule has 0 saturated heterocycles. The fourth-order valence-corrected chi connectivity index (χ4v) is 12.1. The number of unbranched alkanes of at least 4 members (excludes halogenated alkanes) is 33. The number of phosphoric acid groups is 2. The van der Waals surface area contributed by atoms with Gasteiger partial charge in [-0.1, -0.05) is 293 Å². The van der Waals surface area contributed by atoms with Crippen molar-refractivity contribution in [3.63, 3.8) is 0 Å². The van der Waals surface area contributed by atoms with Crippen LogP contribution < -0.4 is 0 Å². The molecule has 0 aliphatic heterocycles. The lowest BCUT2D eigenvalue weighted by molar-refractivity contribution is -0.161. The zero-order chi connectivity index (χ0) is 66.1. The first kappa shape index (κ1) is 87.1. The molecule has 17 nitrogen and oxygen atoms in total. The van der Waals surface area contributed by atoms with E-state index in [2.05, 4.69) is 55.4 Å². The highest BCUT2D eigenvalue weighted by atomic mass is 31.2. The van der Waals surface area contributed by atoms with Crippen LogP contribution in [0.5, 0.6) is 0 Å². The monoisotopic (exact) mass is 1310 g/mol. The third kappa shape index (κ3) is 64.6. The van der Waals surface area contributed by atoms with Gasteiger partial charge in [0.1, 0.15) is 19.3 Å². The summed E-state index contributed by atoms with van der Waals surface area (Å²) in [5, 5.41) is 10.6. The van der Waals surface area contributed by atoms with Crippen LogP contribution in [-0.2, 0) is 65.4 Å². The van der Waals surface area contributed by atoms with Gasteiger partial charge < -0.3 is 33.8 Å². The van der Waals surface area contributed by atoms with Crippen molar-refractivity contribution in [3.05, 3.63) is 0 Å². The second-order valence-electron chi connectivity index (χ2n) is 27.2. The molecule has 0 aliphatic carbocycles. The molecule has 3 unspecified atom stereocenters. The molecule has 0 saturated carbocycles. The van der Waals surface area contributed by atoms with Crippen LogP contribution in [-0.4, -0.2) is 96.7 Å². The number of hydrogen-bond acceptors (Lipinski definition) is 15. The van der Waals surface area contributed by atoms with E-state index >= 15 is 0 Å². The van der Waals surface area contributed by atoms with E-state index in [0.29, 0.717) is 25.7 Å². The van der Waals surface area contributed by atoms with Crippen LogP contribution in [0.25, 0.3) is 0 Å². The van der Waals surface area contributed by atoms with E-state index < -0.39 is 97.5 Å². The minimum Gasteiger partial charge on any atom is -0.462 e. The highest BCUT2D eigenvalue weighted by Crippen LogP contribution is 2.45. The maximum atomic E-state index is 13.0. The zero-order valence-electron chi connectivity index (χ0n) is 58.1. The average Bonchev–Trinajstić information content (AvgIpc) is 3.59. The molecular formula is C70H136O17P2. The minimum atomic E-state index is -4.95. The molecule has 0 heterocycles. The number of carbonyl (C=O) groups is 4. The molecule has 89 heavy (non-hydrogen) atoms. The van der Waals surface area contributed by atoms with Gasteiger partial charge in [-0.25, -0.2) is 9.13 Å². The molecule has 5 atom stereocenters. The molecule has 0 radical (unpaired) electrons. The Hall–Kier alpha value is -1.94. The third-order valence-corrected chi connectivity index (χ3v) is 18.0. The van der Waals surface area contributed by atoms with E-state index in [1.807, 2.05) is 0 Å². The summed E-state index contributed by atoms with van der Waals surface area (Å²) in [5.74, 6) is 0.838. The van der Waals surface area contributed by atoms with Crippen LogP contribution in [0.15, 0.2) is 0 Å². The molecule has 3 N–H and O–H groups in total. The summed E-state index contributed by atoms with van der Waals surface area (Å²) in [4.78, 5) is 72.5. The van der Waals surface area contributed by atoms with Gasteiger partial charge in [-0.05, 0) is 49.4 Å². The Labute approximate surface area is 543 Å². The van der Waals surface area contributed by atoms with Crippen LogP contribution in [0.2, 0.25) is 0 Å². The van der Waals surface area contributed by atoms with Crippen molar-refractivity contribution in [1.82, 2.24) is 0 Å². The van der Waals surface area contributed by atoms with E-state index in [0.717, 1.165) is 114 Å². The number of rotatable bonds is 67. The van der Waals surface area contributed by atoms with Crippen molar-refractivity contribution >= 4 is 39.5 Å². The number of esters is 4. The van der Waals surface area contributed by atoms with Crippen LogP contribution in [0, 0.1) is 23.7 Å². The molecule has 0 amide bonds. The Kier molecular flexibility index (Phi) is 58.5. The summed E-state index contributed by atoms with van der Waals surface area (Å²) in [6, 6.07) is 0. The average molecular weight is 1310 g/mol. The van der Waals surface area contributed by atoms with Gasteiger partial charge >= 0.3 is 39.5 Å². The van der Waals surface area contributed by atoms with Crippen LogP contribution in [0.4, 0.5) is 0 Å². The Balaban J connectivity index is 5.26. The van der Waals surface area contributed by atoms with Crippen molar-refractivity contribution in [2.24, 2.45) is 23.7 Å². The standard InChI is InChI=1S/C70H136O17P2/c1-60(2)46-38-30-22-14-10-9-11-17-28-36-44-52-69(74)86-65(57-81-68(73)51-43-35-27-20-18-24-32-40-48-62(5)6)58-84-88(76,77)82-54-64(71)55-83-89(78,79)85-59-66(87-70(75)53-45-37-29-21-19-25-33-41-49-63(7)8)56-80-67(72)50-42-34-26-16-13-12-15-23-31-39-47-61(3)4/h60-66,71H,9-59H2,1-8H3,(H,76,77)(H,78,79)/t64?,65-,66-/m1/s1. The normalized spacial score (nSPS) is 14.3. The number of carbonyl (C=O) groups excluding carboxylic acids is 4. The molecule has 0 aromatic carbocycles. The number of aliphatic hydroxyl groups excluding tert-OH is 1. The Morgan fingerprint density at radius 3 is 0.697 bits per heavy atom. The van der Waals surface area contributed by atoms with Crippen molar-refractivity contribution in [3.8, 4) is 0 Å². The van der Waals surface area contributed by atoms with Gasteiger partial charge in [-0.2, -0.15) is 0 Å². The van der Waals surface area contributed by atoms with Gasteiger partial charge in [0, 0.05) is 25.7 Å². The third-order valence-electron chi connectivity index (χ3n) is 16.1. The zero-order valence-corrected chi connectivity index (χ0v) is 59.8. The van der Waals surface area contributed by atoms with Crippen molar-refractivity contribution in [2.45, 2.75) is 363 Å². The number of hydrogen-bond donors (Lipinski definition) is 3. The molecule has 0 aromatic heterocycles. The minimum absolute atomic E-state index is 0.104. The first-order valence-corrected chi connectivity index (χ1v) is 39.2. The summed E-state index contributed by atoms with van der Waals surface area (Å²) >= 11 is 0. The van der Waals surface area contributed by atoms with Crippen LogP contribution in [0.1, 0.15) is 344 Å². The molecule has 19 heteroatoms. The molecule has 528 valence electrons. The first-order chi connectivity index (χ1) is 42.6.